The maximum Gasteiger partial charge on any atom is 0.249 e. The third kappa shape index (κ3) is 1.37. The monoisotopic (exact) mass is 181 g/mol. The van der Waals surface area contributed by atoms with Crippen molar-refractivity contribution in [1.82, 2.24) is 5.06 Å². The summed E-state index contributed by atoms with van der Waals surface area (Å²) in [4.78, 5) is 16.6. The molecule has 2 bridgehead atoms. The van der Waals surface area contributed by atoms with Gasteiger partial charge in [-0.3, -0.25) is 9.63 Å². The molecule has 0 heterocycles. The zero-order valence-corrected chi connectivity index (χ0v) is 8.06. The van der Waals surface area contributed by atoms with Crippen LogP contribution in [0.3, 0.4) is 0 Å². The molecule has 0 saturated heterocycles. The zero-order chi connectivity index (χ0) is 9.42. The van der Waals surface area contributed by atoms with Gasteiger partial charge >= 0.3 is 0 Å². The number of fused-ring (bicyclic) bond motifs is 2. The lowest BCUT2D eigenvalue weighted by atomic mass is 9.93. The molecule has 3 heteroatoms. The van der Waals surface area contributed by atoms with Gasteiger partial charge < -0.3 is 0 Å². The molecule has 2 aliphatic carbocycles. The molecule has 3 nitrogen and oxygen atoms in total. The number of amides is 1. The number of hydrogen-bond acceptors (Lipinski definition) is 2. The zero-order valence-electron chi connectivity index (χ0n) is 8.06. The summed E-state index contributed by atoms with van der Waals surface area (Å²) in [5.74, 6) is 1.40. The van der Waals surface area contributed by atoms with Gasteiger partial charge in [-0.05, 0) is 24.7 Å². The van der Waals surface area contributed by atoms with Crippen LogP contribution in [0.2, 0.25) is 0 Å². The van der Waals surface area contributed by atoms with E-state index in [1.165, 1.54) is 12.2 Å². The molecule has 13 heavy (non-hydrogen) atoms. The Kier molecular flexibility index (Phi) is 2.12. The van der Waals surface area contributed by atoms with Crippen LogP contribution < -0.4 is 0 Å². The molecule has 0 N–H and O–H groups in total. The van der Waals surface area contributed by atoms with Crippen molar-refractivity contribution in [1.29, 1.82) is 0 Å². The predicted octanol–water partition coefficient (Wildman–Crippen LogP) is 1.22. The maximum absolute atomic E-state index is 11.7. The average molecular weight is 181 g/mol. The second-order valence-corrected chi connectivity index (χ2v) is 3.91. The Hall–Kier alpha value is -0.830. The van der Waals surface area contributed by atoms with E-state index in [2.05, 4.69) is 12.2 Å². The Morgan fingerprint density at radius 2 is 2.23 bits per heavy atom. The van der Waals surface area contributed by atoms with Crippen LogP contribution in [0.1, 0.15) is 12.8 Å². The quantitative estimate of drug-likeness (QED) is 0.473. The molecule has 2 rings (SSSR count). The second kappa shape index (κ2) is 3.14. The van der Waals surface area contributed by atoms with Crippen molar-refractivity contribution in [3.8, 4) is 0 Å². The lowest BCUT2D eigenvalue weighted by Crippen LogP contribution is -2.33. The standard InChI is InChI=1S/C10H15NO2/c1-11(13-2)10(12)9-6-7-3-4-8(9)5-7/h3-4,7-9H,5-6H2,1-2H3/t7-,8+,9-/m0/s1. The lowest BCUT2D eigenvalue weighted by molar-refractivity contribution is -0.174. The molecule has 1 saturated carbocycles. The van der Waals surface area contributed by atoms with E-state index >= 15 is 0 Å². The van der Waals surface area contributed by atoms with Gasteiger partial charge in [-0.15, -0.1) is 0 Å². The van der Waals surface area contributed by atoms with Crippen LogP contribution in [0.4, 0.5) is 0 Å². The Morgan fingerprint density at radius 1 is 1.46 bits per heavy atom. The highest BCUT2D eigenvalue weighted by Gasteiger charge is 2.40. The summed E-state index contributed by atoms with van der Waals surface area (Å²) in [7, 11) is 3.21. The number of hydroxylamine groups is 2. The van der Waals surface area contributed by atoms with Gasteiger partial charge in [0.1, 0.15) is 0 Å². The smallest absolute Gasteiger partial charge is 0.249 e. The average Bonchev–Trinajstić information content (AvgIpc) is 2.76. The van der Waals surface area contributed by atoms with Crippen molar-refractivity contribution < 1.29 is 9.63 Å². The number of rotatable bonds is 2. The van der Waals surface area contributed by atoms with E-state index in [0.717, 1.165) is 12.8 Å². The fourth-order valence-electron chi connectivity index (χ4n) is 2.39. The van der Waals surface area contributed by atoms with Crippen LogP contribution in [0, 0.1) is 17.8 Å². The van der Waals surface area contributed by atoms with Crippen molar-refractivity contribution in [2.24, 2.45) is 17.8 Å². The van der Waals surface area contributed by atoms with Gasteiger partial charge in [0.2, 0.25) is 5.91 Å². The van der Waals surface area contributed by atoms with Gasteiger partial charge in [-0.1, -0.05) is 12.2 Å². The summed E-state index contributed by atoms with van der Waals surface area (Å²) in [6, 6.07) is 0. The third-order valence-electron chi connectivity index (χ3n) is 3.18. The first-order valence-corrected chi connectivity index (χ1v) is 4.72. The number of carbonyl (C=O) groups excluding carboxylic acids is 1. The van der Waals surface area contributed by atoms with Crippen LogP contribution in [0.5, 0.6) is 0 Å². The first-order valence-electron chi connectivity index (χ1n) is 4.72. The highest BCUT2D eigenvalue weighted by Crippen LogP contribution is 2.43. The molecule has 0 aromatic heterocycles. The van der Waals surface area contributed by atoms with Crippen LogP contribution in [0.15, 0.2) is 12.2 Å². The number of nitrogens with zero attached hydrogens (tertiary/aromatic N) is 1. The SMILES string of the molecule is CON(C)C(=O)[C@H]1C[C@H]2C=C[C@@H]1C2. The van der Waals surface area contributed by atoms with Crippen LogP contribution >= 0.6 is 0 Å². The second-order valence-electron chi connectivity index (χ2n) is 3.91. The van der Waals surface area contributed by atoms with Gasteiger partial charge in [-0.2, -0.15) is 0 Å². The van der Waals surface area contributed by atoms with Crippen molar-refractivity contribution in [3.63, 3.8) is 0 Å². The number of carbonyl (C=O) groups is 1. The molecule has 0 aromatic rings. The predicted molar refractivity (Wildman–Crippen MR) is 48.6 cm³/mol. The normalized spacial score (nSPS) is 35.4. The van der Waals surface area contributed by atoms with E-state index in [4.69, 9.17) is 4.84 Å². The molecule has 1 amide bonds. The molecular formula is C10H15NO2. The summed E-state index contributed by atoms with van der Waals surface area (Å²) in [5.41, 5.74) is 0. The fourth-order valence-corrected chi connectivity index (χ4v) is 2.39. The Labute approximate surface area is 78.3 Å². The lowest BCUT2D eigenvalue weighted by Gasteiger charge is -2.22. The Morgan fingerprint density at radius 3 is 2.69 bits per heavy atom. The molecule has 0 radical (unpaired) electrons. The van der Waals surface area contributed by atoms with Gasteiger partial charge in [0, 0.05) is 13.0 Å². The molecule has 0 aromatic carbocycles. The topological polar surface area (TPSA) is 29.5 Å². The van der Waals surface area contributed by atoms with Crippen molar-refractivity contribution in [3.05, 3.63) is 12.2 Å². The van der Waals surface area contributed by atoms with Crippen LogP contribution in [-0.4, -0.2) is 25.1 Å². The van der Waals surface area contributed by atoms with E-state index in [9.17, 15) is 4.79 Å². The summed E-state index contributed by atoms with van der Waals surface area (Å²) in [6.45, 7) is 0. The van der Waals surface area contributed by atoms with Gasteiger partial charge in [-0.25, -0.2) is 5.06 Å². The molecule has 3 atom stereocenters. The minimum Gasteiger partial charge on any atom is -0.275 e. The summed E-state index contributed by atoms with van der Waals surface area (Å²) < 4.78 is 0. The molecule has 2 aliphatic rings. The molecule has 0 unspecified atom stereocenters. The van der Waals surface area contributed by atoms with Crippen LogP contribution in [-0.2, 0) is 9.63 Å². The minimum absolute atomic E-state index is 0.124. The molecule has 1 fully saturated rings. The first kappa shape index (κ1) is 8.75. The van der Waals surface area contributed by atoms with Gasteiger partial charge in [0.15, 0.2) is 0 Å². The van der Waals surface area contributed by atoms with Crippen LogP contribution in [0.25, 0.3) is 0 Å². The van der Waals surface area contributed by atoms with Crippen molar-refractivity contribution in [2.45, 2.75) is 12.8 Å². The molecule has 72 valence electrons. The Bertz CT molecular complexity index is 249. The highest BCUT2D eigenvalue weighted by molar-refractivity contribution is 5.78. The largest absolute Gasteiger partial charge is 0.275 e. The van der Waals surface area contributed by atoms with Crippen molar-refractivity contribution in [2.75, 3.05) is 14.2 Å². The van der Waals surface area contributed by atoms with E-state index in [-0.39, 0.29) is 11.8 Å². The van der Waals surface area contributed by atoms with E-state index in [0.29, 0.717) is 11.8 Å². The maximum atomic E-state index is 11.7. The number of hydrogen-bond donors (Lipinski definition) is 0. The van der Waals surface area contributed by atoms with E-state index in [1.807, 2.05) is 0 Å². The number of allylic oxidation sites excluding steroid dienone is 2. The molecule has 0 spiro atoms. The highest BCUT2D eigenvalue weighted by atomic mass is 16.7. The molecular weight excluding hydrogens is 166 g/mol. The summed E-state index contributed by atoms with van der Waals surface area (Å²) >= 11 is 0. The van der Waals surface area contributed by atoms with E-state index < -0.39 is 0 Å². The van der Waals surface area contributed by atoms with Gasteiger partial charge in [0.25, 0.3) is 0 Å². The van der Waals surface area contributed by atoms with Crippen molar-refractivity contribution >= 4 is 5.91 Å². The van der Waals surface area contributed by atoms with E-state index in [1.54, 1.807) is 7.05 Å². The third-order valence-corrected chi connectivity index (χ3v) is 3.18. The summed E-state index contributed by atoms with van der Waals surface area (Å²) in [5, 5.41) is 1.35. The molecule has 0 aliphatic heterocycles. The fraction of sp³-hybridized carbons (Fsp3) is 0.700. The Balaban J connectivity index is 2.03. The first-order chi connectivity index (χ1) is 6.22. The minimum atomic E-state index is 0.124. The summed E-state index contributed by atoms with van der Waals surface area (Å²) in [6.07, 6.45) is 6.59. The van der Waals surface area contributed by atoms with Gasteiger partial charge in [0.05, 0.1) is 7.11 Å².